The summed E-state index contributed by atoms with van der Waals surface area (Å²) in [7, 11) is 0. The predicted octanol–water partition coefficient (Wildman–Crippen LogP) is 2.76. The average molecular weight is 221 g/mol. The van der Waals surface area contributed by atoms with E-state index in [0.29, 0.717) is 6.54 Å². The number of nitrogens with one attached hydrogen (secondary N) is 1. The van der Waals surface area contributed by atoms with Crippen LogP contribution in [-0.4, -0.2) is 11.5 Å². The Hall–Kier alpha value is -1.25. The van der Waals surface area contributed by atoms with Gasteiger partial charge in [0, 0.05) is 29.9 Å². The van der Waals surface area contributed by atoms with Crippen molar-refractivity contribution in [1.29, 1.82) is 0 Å². The van der Waals surface area contributed by atoms with Gasteiger partial charge in [-0.2, -0.15) is 0 Å². The van der Waals surface area contributed by atoms with Crippen LogP contribution < -0.4 is 5.73 Å². The lowest BCUT2D eigenvalue weighted by Crippen LogP contribution is -2.13. The fourth-order valence-corrected chi connectivity index (χ4v) is 1.84. The average Bonchev–Trinajstić information content (AvgIpc) is 2.75. The number of benzene rings is 1. The molecule has 1 aromatic carbocycles. The second-order valence-corrected chi connectivity index (χ2v) is 3.92. The summed E-state index contributed by atoms with van der Waals surface area (Å²) in [4.78, 5) is 3.04. The first-order chi connectivity index (χ1) is 7.31. The predicted molar refractivity (Wildman–Crippen MR) is 63.1 cm³/mol. The molecular weight excluding hydrogens is 208 g/mol. The number of H-pyrrole nitrogens is 1. The lowest BCUT2D eigenvalue weighted by molar-refractivity contribution is 0.820. The van der Waals surface area contributed by atoms with E-state index in [1.54, 1.807) is 0 Å². The van der Waals surface area contributed by atoms with E-state index in [1.165, 1.54) is 11.1 Å². The Balaban J connectivity index is 2.31. The molecule has 1 aromatic heterocycles. The number of aromatic amines is 1. The monoisotopic (exact) mass is 220 g/mol. The fraction of sp³-hybridized carbons (Fsp3) is 0.167. The molecule has 0 saturated heterocycles. The molecule has 1 unspecified atom stereocenters. The van der Waals surface area contributed by atoms with E-state index in [1.807, 2.05) is 42.7 Å². The molecule has 3 heteroatoms. The number of aromatic nitrogens is 1. The summed E-state index contributed by atoms with van der Waals surface area (Å²) in [6, 6.07) is 9.88. The van der Waals surface area contributed by atoms with Crippen molar-refractivity contribution in [3.63, 3.8) is 0 Å². The Morgan fingerprint density at radius 1 is 1.13 bits per heavy atom. The Bertz CT molecular complexity index is 406. The van der Waals surface area contributed by atoms with Crippen LogP contribution in [0.3, 0.4) is 0 Å². The minimum Gasteiger partial charge on any atom is -0.367 e. The lowest BCUT2D eigenvalue weighted by atomic mass is 9.93. The topological polar surface area (TPSA) is 41.8 Å². The third kappa shape index (κ3) is 2.22. The van der Waals surface area contributed by atoms with Gasteiger partial charge in [0.05, 0.1) is 0 Å². The minimum atomic E-state index is 0.244. The van der Waals surface area contributed by atoms with Gasteiger partial charge >= 0.3 is 0 Å². The van der Waals surface area contributed by atoms with Gasteiger partial charge < -0.3 is 10.7 Å². The van der Waals surface area contributed by atoms with Gasteiger partial charge in [0.15, 0.2) is 0 Å². The second-order valence-electron chi connectivity index (χ2n) is 3.48. The van der Waals surface area contributed by atoms with Crippen LogP contribution in [0.5, 0.6) is 0 Å². The summed E-state index contributed by atoms with van der Waals surface area (Å²) in [5.74, 6) is 0.244. The van der Waals surface area contributed by atoms with E-state index in [4.69, 9.17) is 17.3 Å². The Morgan fingerprint density at radius 2 is 1.87 bits per heavy atom. The molecule has 15 heavy (non-hydrogen) atoms. The third-order valence-electron chi connectivity index (χ3n) is 2.53. The molecule has 0 bridgehead atoms. The minimum absolute atomic E-state index is 0.244. The summed E-state index contributed by atoms with van der Waals surface area (Å²) in [6.45, 7) is 0.597. The Kier molecular flexibility index (Phi) is 3.09. The first-order valence-corrected chi connectivity index (χ1v) is 5.27. The SMILES string of the molecule is NCC(c1ccc(Cl)cc1)c1cc[nH]c1. The first-order valence-electron chi connectivity index (χ1n) is 4.89. The molecule has 0 saturated carbocycles. The molecule has 0 spiro atoms. The van der Waals surface area contributed by atoms with Crippen molar-refractivity contribution in [3.8, 4) is 0 Å². The molecule has 0 aliphatic heterocycles. The summed E-state index contributed by atoms with van der Waals surface area (Å²) >= 11 is 5.85. The van der Waals surface area contributed by atoms with Crippen molar-refractivity contribution in [2.24, 2.45) is 5.73 Å². The standard InChI is InChI=1S/C12H13ClN2/c13-11-3-1-9(2-4-11)12(7-14)10-5-6-15-8-10/h1-6,8,12,15H,7,14H2. The smallest absolute Gasteiger partial charge is 0.0406 e. The van der Waals surface area contributed by atoms with Gasteiger partial charge in [0.25, 0.3) is 0 Å². The molecule has 0 amide bonds. The second kappa shape index (κ2) is 4.51. The highest BCUT2D eigenvalue weighted by atomic mass is 35.5. The van der Waals surface area contributed by atoms with Crippen molar-refractivity contribution in [2.45, 2.75) is 5.92 Å². The highest BCUT2D eigenvalue weighted by Crippen LogP contribution is 2.24. The van der Waals surface area contributed by atoms with Crippen LogP contribution in [0.25, 0.3) is 0 Å². The zero-order chi connectivity index (χ0) is 10.7. The highest BCUT2D eigenvalue weighted by molar-refractivity contribution is 6.30. The van der Waals surface area contributed by atoms with Crippen LogP contribution in [0.1, 0.15) is 17.0 Å². The quantitative estimate of drug-likeness (QED) is 0.821. The lowest BCUT2D eigenvalue weighted by Gasteiger charge is -2.13. The number of rotatable bonds is 3. The number of hydrogen-bond donors (Lipinski definition) is 2. The molecule has 2 rings (SSSR count). The van der Waals surface area contributed by atoms with Crippen LogP contribution in [-0.2, 0) is 0 Å². The number of halogens is 1. The van der Waals surface area contributed by atoms with Gasteiger partial charge in [-0.25, -0.2) is 0 Å². The maximum absolute atomic E-state index is 5.85. The van der Waals surface area contributed by atoms with E-state index in [-0.39, 0.29) is 5.92 Å². The van der Waals surface area contributed by atoms with E-state index < -0.39 is 0 Å². The van der Waals surface area contributed by atoms with Crippen LogP contribution in [0, 0.1) is 0 Å². The van der Waals surface area contributed by atoms with Gasteiger partial charge in [0.1, 0.15) is 0 Å². The van der Waals surface area contributed by atoms with Gasteiger partial charge in [-0.3, -0.25) is 0 Å². The number of hydrogen-bond acceptors (Lipinski definition) is 1. The number of nitrogens with two attached hydrogens (primary N) is 1. The molecule has 78 valence electrons. The van der Waals surface area contributed by atoms with E-state index in [2.05, 4.69) is 4.98 Å². The third-order valence-corrected chi connectivity index (χ3v) is 2.78. The van der Waals surface area contributed by atoms with Crippen LogP contribution >= 0.6 is 11.6 Å². The molecule has 1 heterocycles. The first kappa shape index (κ1) is 10.3. The molecule has 1 atom stereocenters. The molecule has 0 radical (unpaired) electrons. The summed E-state index contributed by atoms with van der Waals surface area (Å²) in [5.41, 5.74) is 8.19. The summed E-state index contributed by atoms with van der Waals surface area (Å²) in [5, 5.41) is 0.753. The zero-order valence-corrected chi connectivity index (χ0v) is 9.04. The van der Waals surface area contributed by atoms with Crippen molar-refractivity contribution in [1.82, 2.24) is 4.98 Å². The Labute approximate surface area is 94.1 Å². The van der Waals surface area contributed by atoms with Gasteiger partial charge in [-0.05, 0) is 29.3 Å². The molecule has 2 nitrogen and oxygen atoms in total. The summed E-state index contributed by atoms with van der Waals surface area (Å²) in [6.07, 6.45) is 3.89. The molecular formula is C12H13ClN2. The molecule has 0 fully saturated rings. The van der Waals surface area contributed by atoms with E-state index in [9.17, 15) is 0 Å². The largest absolute Gasteiger partial charge is 0.367 e. The maximum atomic E-state index is 5.85. The van der Waals surface area contributed by atoms with Gasteiger partial charge in [-0.15, -0.1) is 0 Å². The molecule has 0 aliphatic rings. The maximum Gasteiger partial charge on any atom is 0.0406 e. The van der Waals surface area contributed by atoms with Crippen LogP contribution in [0.15, 0.2) is 42.7 Å². The van der Waals surface area contributed by atoms with Crippen molar-refractivity contribution in [3.05, 3.63) is 58.9 Å². The van der Waals surface area contributed by atoms with Crippen LogP contribution in [0.4, 0.5) is 0 Å². The van der Waals surface area contributed by atoms with Crippen LogP contribution in [0.2, 0.25) is 5.02 Å². The molecule has 2 aromatic rings. The van der Waals surface area contributed by atoms with Gasteiger partial charge in [0.2, 0.25) is 0 Å². The fourth-order valence-electron chi connectivity index (χ4n) is 1.71. The summed E-state index contributed by atoms with van der Waals surface area (Å²) < 4.78 is 0. The van der Waals surface area contributed by atoms with Crippen molar-refractivity contribution >= 4 is 11.6 Å². The highest BCUT2D eigenvalue weighted by Gasteiger charge is 2.12. The zero-order valence-electron chi connectivity index (χ0n) is 8.28. The van der Waals surface area contributed by atoms with Crippen molar-refractivity contribution in [2.75, 3.05) is 6.54 Å². The van der Waals surface area contributed by atoms with E-state index >= 15 is 0 Å². The Morgan fingerprint density at radius 3 is 2.40 bits per heavy atom. The van der Waals surface area contributed by atoms with E-state index in [0.717, 1.165) is 5.02 Å². The molecule has 0 aliphatic carbocycles. The normalized spacial score (nSPS) is 12.7. The molecule has 3 N–H and O–H groups in total. The van der Waals surface area contributed by atoms with Crippen molar-refractivity contribution < 1.29 is 0 Å². The van der Waals surface area contributed by atoms with Gasteiger partial charge in [-0.1, -0.05) is 23.7 Å².